The first kappa shape index (κ1) is 10.5. The predicted octanol–water partition coefficient (Wildman–Crippen LogP) is -0.438. The van der Waals surface area contributed by atoms with Gasteiger partial charge in [-0.05, 0) is 19.4 Å². The van der Waals surface area contributed by atoms with Crippen molar-refractivity contribution < 1.29 is 4.79 Å². The highest BCUT2D eigenvalue weighted by atomic mass is 16.2. The highest BCUT2D eigenvalue weighted by Crippen LogP contribution is 2.01. The monoisotopic (exact) mass is 184 g/mol. The van der Waals surface area contributed by atoms with Crippen molar-refractivity contribution in [2.24, 2.45) is 5.73 Å². The van der Waals surface area contributed by atoms with Crippen LogP contribution in [0.25, 0.3) is 0 Å². The van der Waals surface area contributed by atoms with Crippen LogP contribution in [0.3, 0.4) is 0 Å². The van der Waals surface area contributed by atoms with Gasteiger partial charge >= 0.3 is 0 Å². The quantitative estimate of drug-likeness (QED) is 0.646. The molecule has 0 spiro atoms. The first-order valence-electron chi connectivity index (χ1n) is 4.95. The number of hydrogen-bond acceptors (Lipinski definition) is 2. The van der Waals surface area contributed by atoms with E-state index in [1.165, 1.54) is 0 Å². The molecular formula is C9H18N3O. The fourth-order valence-corrected chi connectivity index (χ4v) is 1.45. The minimum absolute atomic E-state index is 0.238. The van der Waals surface area contributed by atoms with Gasteiger partial charge < -0.3 is 10.6 Å². The van der Waals surface area contributed by atoms with E-state index in [2.05, 4.69) is 5.32 Å². The molecule has 1 fully saturated rings. The third-order valence-corrected chi connectivity index (χ3v) is 2.22. The van der Waals surface area contributed by atoms with Gasteiger partial charge in [-0.25, -0.2) is 5.32 Å². The Morgan fingerprint density at radius 3 is 3.00 bits per heavy atom. The molecule has 4 heteroatoms. The molecule has 1 radical (unpaired) electrons. The summed E-state index contributed by atoms with van der Waals surface area (Å²) in [5, 5.41) is 4.27. The summed E-state index contributed by atoms with van der Waals surface area (Å²) < 4.78 is 0. The lowest BCUT2D eigenvalue weighted by molar-refractivity contribution is -0.131. The van der Waals surface area contributed by atoms with Gasteiger partial charge in [0.15, 0.2) is 0 Å². The Morgan fingerprint density at radius 2 is 2.23 bits per heavy atom. The summed E-state index contributed by atoms with van der Waals surface area (Å²) >= 11 is 0. The average Bonchev–Trinajstić information content (AvgIpc) is 2.42. The van der Waals surface area contributed by atoms with Crippen molar-refractivity contribution in [3.8, 4) is 0 Å². The maximum absolute atomic E-state index is 11.5. The van der Waals surface area contributed by atoms with Gasteiger partial charge in [0.1, 0.15) is 0 Å². The van der Waals surface area contributed by atoms with Gasteiger partial charge in [-0.2, -0.15) is 0 Å². The van der Waals surface area contributed by atoms with Crippen LogP contribution in [0.15, 0.2) is 0 Å². The lowest BCUT2D eigenvalue weighted by atomic mass is 10.2. The number of rotatable bonds is 3. The van der Waals surface area contributed by atoms with E-state index in [9.17, 15) is 4.79 Å². The highest BCUT2D eigenvalue weighted by molar-refractivity contribution is 5.76. The molecule has 0 atom stereocenters. The third kappa shape index (κ3) is 3.74. The second-order valence-corrected chi connectivity index (χ2v) is 3.30. The van der Waals surface area contributed by atoms with Crippen LogP contribution in [0.4, 0.5) is 0 Å². The predicted molar refractivity (Wildman–Crippen MR) is 51.4 cm³/mol. The number of nitrogens with two attached hydrogens (primary N) is 1. The van der Waals surface area contributed by atoms with E-state index in [1.807, 2.05) is 4.90 Å². The van der Waals surface area contributed by atoms with Crippen molar-refractivity contribution in [2.45, 2.75) is 19.3 Å². The second-order valence-electron chi connectivity index (χ2n) is 3.30. The SMILES string of the molecule is NCCCC(=O)N1CCC[N]CC1. The zero-order chi connectivity index (χ0) is 9.52. The molecule has 0 aromatic carbocycles. The Morgan fingerprint density at radius 1 is 1.38 bits per heavy atom. The Balaban J connectivity index is 2.26. The molecular weight excluding hydrogens is 166 g/mol. The van der Waals surface area contributed by atoms with E-state index in [0.29, 0.717) is 13.0 Å². The van der Waals surface area contributed by atoms with Crippen molar-refractivity contribution in [1.82, 2.24) is 10.2 Å². The molecule has 0 aromatic heterocycles. The van der Waals surface area contributed by atoms with Gasteiger partial charge in [0, 0.05) is 32.6 Å². The van der Waals surface area contributed by atoms with Crippen LogP contribution in [0.2, 0.25) is 0 Å². The van der Waals surface area contributed by atoms with Crippen molar-refractivity contribution in [2.75, 3.05) is 32.7 Å². The average molecular weight is 184 g/mol. The summed E-state index contributed by atoms with van der Waals surface area (Å²) in [4.78, 5) is 13.4. The number of carbonyl (C=O) groups is 1. The van der Waals surface area contributed by atoms with Crippen LogP contribution in [-0.4, -0.2) is 43.5 Å². The van der Waals surface area contributed by atoms with E-state index in [-0.39, 0.29) is 5.91 Å². The summed E-state index contributed by atoms with van der Waals surface area (Å²) in [6, 6.07) is 0. The molecule has 1 aliphatic rings. The molecule has 4 nitrogen and oxygen atoms in total. The van der Waals surface area contributed by atoms with Crippen LogP contribution in [0.5, 0.6) is 0 Å². The second kappa shape index (κ2) is 5.94. The largest absolute Gasteiger partial charge is 0.341 e. The molecule has 75 valence electrons. The minimum Gasteiger partial charge on any atom is -0.341 e. The Bertz CT molecular complexity index is 153. The standard InChI is InChI=1S/C9H18N3O/c10-4-1-3-9(13)12-7-2-5-11-6-8-12/h1-8,10H2. The number of amides is 1. The molecule has 1 rings (SSSR count). The Kier molecular flexibility index (Phi) is 4.78. The van der Waals surface area contributed by atoms with Crippen LogP contribution in [-0.2, 0) is 4.79 Å². The maximum Gasteiger partial charge on any atom is 0.222 e. The van der Waals surface area contributed by atoms with E-state index < -0.39 is 0 Å². The molecule has 1 amide bonds. The zero-order valence-corrected chi connectivity index (χ0v) is 8.04. The normalized spacial score (nSPS) is 18.4. The number of nitrogens with zero attached hydrogens (tertiary/aromatic N) is 2. The molecule has 0 bridgehead atoms. The summed E-state index contributed by atoms with van der Waals surface area (Å²) in [6.07, 6.45) is 2.40. The van der Waals surface area contributed by atoms with Crippen LogP contribution >= 0.6 is 0 Å². The van der Waals surface area contributed by atoms with Crippen LogP contribution in [0.1, 0.15) is 19.3 Å². The van der Waals surface area contributed by atoms with Gasteiger partial charge in [-0.3, -0.25) is 4.79 Å². The van der Waals surface area contributed by atoms with Crippen molar-refractivity contribution in [3.63, 3.8) is 0 Å². The Hall–Kier alpha value is -0.610. The number of hydrogen-bond donors (Lipinski definition) is 1. The van der Waals surface area contributed by atoms with E-state index in [1.54, 1.807) is 0 Å². The van der Waals surface area contributed by atoms with E-state index >= 15 is 0 Å². The van der Waals surface area contributed by atoms with Gasteiger partial charge in [-0.15, -0.1) is 0 Å². The summed E-state index contributed by atoms with van der Waals surface area (Å²) in [7, 11) is 0. The minimum atomic E-state index is 0.238. The fourth-order valence-electron chi connectivity index (χ4n) is 1.45. The molecule has 1 saturated heterocycles. The molecule has 0 aromatic rings. The lowest BCUT2D eigenvalue weighted by Crippen LogP contribution is -2.33. The Labute approximate surface area is 79.5 Å². The zero-order valence-electron chi connectivity index (χ0n) is 8.04. The molecule has 1 aliphatic heterocycles. The molecule has 0 saturated carbocycles. The molecule has 0 aliphatic carbocycles. The molecule has 13 heavy (non-hydrogen) atoms. The van der Waals surface area contributed by atoms with Crippen molar-refractivity contribution in [1.29, 1.82) is 0 Å². The van der Waals surface area contributed by atoms with E-state index in [0.717, 1.165) is 39.0 Å². The van der Waals surface area contributed by atoms with Crippen molar-refractivity contribution in [3.05, 3.63) is 0 Å². The topological polar surface area (TPSA) is 60.4 Å². The fraction of sp³-hybridized carbons (Fsp3) is 0.889. The summed E-state index contributed by atoms with van der Waals surface area (Å²) in [5.74, 6) is 0.238. The highest BCUT2D eigenvalue weighted by Gasteiger charge is 2.14. The van der Waals surface area contributed by atoms with Crippen LogP contribution < -0.4 is 11.1 Å². The molecule has 0 unspecified atom stereocenters. The first-order valence-corrected chi connectivity index (χ1v) is 4.95. The lowest BCUT2D eigenvalue weighted by Gasteiger charge is -2.19. The molecule has 1 heterocycles. The summed E-state index contributed by atoms with van der Waals surface area (Å²) in [6.45, 7) is 3.97. The van der Waals surface area contributed by atoms with Crippen LogP contribution in [0, 0.1) is 0 Å². The van der Waals surface area contributed by atoms with Crippen molar-refractivity contribution >= 4 is 5.91 Å². The van der Waals surface area contributed by atoms with Gasteiger partial charge in [0.25, 0.3) is 0 Å². The van der Waals surface area contributed by atoms with Gasteiger partial charge in [-0.1, -0.05) is 0 Å². The van der Waals surface area contributed by atoms with Gasteiger partial charge in [0.2, 0.25) is 5.91 Å². The van der Waals surface area contributed by atoms with E-state index in [4.69, 9.17) is 5.73 Å². The third-order valence-electron chi connectivity index (χ3n) is 2.22. The van der Waals surface area contributed by atoms with Gasteiger partial charge in [0.05, 0.1) is 0 Å². The maximum atomic E-state index is 11.5. The summed E-state index contributed by atoms with van der Waals surface area (Å²) in [5.41, 5.74) is 5.35. The molecule has 2 N–H and O–H groups in total. The number of carbonyl (C=O) groups excluding carboxylic acids is 1. The smallest absolute Gasteiger partial charge is 0.222 e. The first-order chi connectivity index (χ1) is 6.34.